The zero-order valence-corrected chi connectivity index (χ0v) is 13.8. The summed E-state index contributed by atoms with van der Waals surface area (Å²) in [5, 5.41) is 1.20. The Morgan fingerprint density at radius 2 is 1.62 bits per heavy atom. The van der Waals surface area contributed by atoms with Crippen LogP contribution in [0, 0.1) is 0 Å². The average Bonchev–Trinajstić information content (AvgIpc) is 3.31. The summed E-state index contributed by atoms with van der Waals surface area (Å²) in [6, 6.07) is 25.3. The SMILES string of the molecule is c1ccc2c(c1)cc(-c1ccc3nc[nH]c3c1)c1nc3ccccc3n12. The molecule has 4 nitrogen and oxygen atoms in total. The van der Waals surface area contributed by atoms with Crippen LogP contribution in [0.4, 0.5) is 0 Å². The van der Waals surface area contributed by atoms with Crippen molar-refractivity contribution >= 4 is 38.6 Å². The first-order valence-corrected chi connectivity index (χ1v) is 8.61. The number of para-hydroxylation sites is 3. The minimum atomic E-state index is 0.971. The molecule has 26 heavy (non-hydrogen) atoms. The molecule has 0 aliphatic carbocycles. The highest BCUT2D eigenvalue weighted by molar-refractivity contribution is 5.98. The molecule has 6 aromatic rings. The highest BCUT2D eigenvalue weighted by Gasteiger charge is 2.14. The third-order valence-corrected chi connectivity index (χ3v) is 5.01. The van der Waals surface area contributed by atoms with Gasteiger partial charge in [-0.2, -0.15) is 0 Å². The van der Waals surface area contributed by atoms with E-state index in [-0.39, 0.29) is 0 Å². The van der Waals surface area contributed by atoms with E-state index in [1.165, 1.54) is 10.9 Å². The van der Waals surface area contributed by atoms with Crippen molar-refractivity contribution in [1.29, 1.82) is 0 Å². The smallest absolute Gasteiger partial charge is 0.146 e. The van der Waals surface area contributed by atoms with Gasteiger partial charge in [-0.05, 0) is 47.3 Å². The van der Waals surface area contributed by atoms with Crippen molar-refractivity contribution in [1.82, 2.24) is 19.4 Å². The number of fused-ring (bicyclic) bond motifs is 6. The number of rotatable bonds is 1. The molecule has 0 saturated carbocycles. The van der Waals surface area contributed by atoms with Gasteiger partial charge in [0.25, 0.3) is 0 Å². The summed E-state index contributed by atoms with van der Waals surface area (Å²) in [6.07, 6.45) is 1.73. The van der Waals surface area contributed by atoms with Crippen molar-refractivity contribution < 1.29 is 0 Å². The first-order chi connectivity index (χ1) is 12.9. The van der Waals surface area contributed by atoms with Crippen LogP contribution in [-0.2, 0) is 0 Å². The van der Waals surface area contributed by atoms with Crippen LogP contribution in [0.5, 0.6) is 0 Å². The lowest BCUT2D eigenvalue weighted by molar-refractivity contribution is 1.30. The largest absolute Gasteiger partial charge is 0.345 e. The van der Waals surface area contributed by atoms with Gasteiger partial charge >= 0.3 is 0 Å². The molecule has 3 heterocycles. The Labute approximate surface area is 148 Å². The molecule has 0 atom stereocenters. The van der Waals surface area contributed by atoms with Crippen molar-refractivity contribution in [3.05, 3.63) is 79.1 Å². The molecule has 4 heteroatoms. The van der Waals surface area contributed by atoms with E-state index in [0.717, 1.165) is 38.8 Å². The molecule has 0 aliphatic heterocycles. The summed E-state index contributed by atoms with van der Waals surface area (Å²) >= 11 is 0. The van der Waals surface area contributed by atoms with Gasteiger partial charge in [-0.15, -0.1) is 0 Å². The van der Waals surface area contributed by atoms with Gasteiger partial charge < -0.3 is 4.98 Å². The van der Waals surface area contributed by atoms with Gasteiger partial charge in [0.1, 0.15) is 5.65 Å². The van der Waals surface area contributed by atoms with Gasteiger partial charge in [0.05, 0.1) is 33.9 Å². The number of H-pyrrole nitrogens is 1. The number of pyridine rings is 1. The molecular weight excluding hydrogens is 320 g/mol. The molecule has 0 radical (unpaired) electrons. The number of benzene rings is 3. The topological polar surface area (TPSA) is 46.0 Å². The molecule has 3 aromatic heterocycles. The zero-order chi connectivity index (χ0) is 17.1. The van der Waals surface area contributed by atoms with Crippen LogP contribution in [0.1, 0.15) is 0 Å². The predicted molar refractivity (Wildman–Crippen MR) is 105 cm³/mol. The van der Waals surface area contributed by atoms with E-state index >= 15 is 0 Å². The number of aromatic nitrogens is 4. The first kappa shape index (κ1) is 13.6. The molecular formula is C22H14N4. The number of aromatic amines is 1. The summed E-state index contributed by atoms with van der Waals surface area (Å²) in [7, 11) is 0. The monoisotopic (exact) mass is 334 g/mol. The number of nitrogens with one attached hydrogen (secondary N) is 1. The molecule has 3 aromatic carbocycles. The summed E-state index contributed by atoms with van der Waals surface area (Å²) < 4.78 is 2.26. The predicted octanol–water partition coefficient (Wildman–Crippen LogP) is 5.18. The normalized spacial score (nSPS) is 11.8. The summed E-state index contributed by atoms with van der Waals surface area (Å²) in [5.41, 5.74) is 8.54. The van der Waals surface area contributed by atoms with Gasteiger partial charge in [-0.25, -0.2) is 9.97 Å². The Bertz CT molecular complexity index is 1440. The third kappa shape index (κ3) is 1.78. The van der Waals surface area contributed by atoms with Crippen LogP contribution in [0.25, 0.3) is 49.7 Å². The molecule has 0 bridgehead atoms. The van der Waals surface area contributed by atoms with Crippen LogP contribution in [0.15, 0.2) is 79.1 Å². The fourth-order valence-electron chi connectivity index (χ4n) is 3.80. The fourth-order valence-corrected chi connectivity index (χ4v) is 3.80. The molecule has 0 aliphatic rings. The Morgan fingerprint density at radius 1 is 0.769 bits per heavy atom. The van der Waals surface area contributed by atoms with Crippen molar-refractivity contribution in [3.8, 4) is 11.1 Å². The molecule has 0 saturated heterocycles. The Morgan fingerprint density at radius 3 is 2.58 bits per heavy atom. The standard InChI is InChI=1S/C22H14N4/c1-3-7-20-15(5-1)11-16(14-9-10-17-19(12-14)24-13-23-17)22-25-18-6-2-4-8-21(18)26(20)22/h1-13H,(H,23,24). The van der Waals surface area contributed by atoms with Crippen molar-refractivity contribution in [3.63, 3.8) is 0 Å². The van der Waals surface area contributed by atoms with E-state index in [2.05, 4.69) is 81.1 Å². The molecule has 0 unspecified atom stereocenters. The minimum Gasteiger partial charge on any atom is -0.345 e. The zero-order valence-electron chi connectivity index (χ0n) is 13.8. The second kappa shape index (κ2) is 4.92. The van der Waals surface area contributed by atoms with Crippen LogP contribution < -0.4 is 0 Å². The molecule has 0 amide bonds. The quantitative estimate of drug-likeness (QED) is 0.450. The van der Waals surface area contributed by atoms with Crippen LogP contribution in [0.2, 0.25) is 0 Å². The summed E-state index contributed by atoms with van der Waals surface area (Å²) in [6.45, 7) is 0. The van der Waals surface area contributed by atoms with E-state index in [1.54, 1.807) is 6.33 Å². The maximum absolute atomic E-state index is 4.95. The molecule has 0 fully saturated rings. The second-order valence-corrected chi connectivity index (χ2v) is 6.51. The lowest BCUT2D eigenvalue weighted by Gasteiger charge is -2.09. The molecule has 1 N–H and O–H groups in total. The van der Waals surface area contributed by atoms with Crippen molar-refractivity contribution in [2.24, 2.45) is 0 Å². The summed E-state index contributed by atoms with van der Waals surface area (Å²) in [4.78, 5) is 12.5. The van der Waals surface area contributed by atoms with Gasteiger partial charge in [-0.1, -0.05) is 36.4 Å². The van der Waals surface area contributed by atoms with Crippen LogP contribution in [0.3, 0.4) is 0 Å². The van der Waals surface area contributed by atoms with Crippen LogP contribution in [-0.4, -0.2) is 19.4 Å². The highest BCUT2D eigenvalue weighted by atomic mass is 15.0. The van der Waals surface area contributed by atoms with E-state index in [4.69, 9.17) is 4.98 Å². The number of hydrogen-bond donors (Lipinski definition) is 1. The molecule has 0 spiro atoms. The lowest BCUT2D eigenvalue weighted by Crippen LogP contribution is -1.92. The number of imidazole rings is 2. The van der Waals surface area contributed by atoms with Crippen molar-refractivity contribution in [2.75, 3.05) is 0 Å². The minimum absolute atomic E-state index is 0.971. The van der Waals surface area contributed by atoms with E-state index in [9.17, 15) is 0 Å². The lowest BCUT2D eigenvalue weighted by atomic mass is 10.0. The number of hydrogen-bond acceptors (Lipinski definition) is 2. The molecule has 122 valence electrons. The Kier molecular flexibility index (Phi) is 2.58. The van der Waals surface area contributed by atoms with Gasteiger partial charge in [0.2, 0.25) is 0 Å². The van der Waals surface area contributed by atoms with Crippen LogP contribution >= 0.6 is 0 Å². The van der Waals surface area contributed by atoms with E-state index in [0.29, 0.717) is 0 Å². The average molecular weight is 334 g/mol. The van der Waals surface area contributed by atoms with Crippen molar-refractivity contribution in [2.45, 2.75) is 0 Å². The van der Waals surface area contributed by atoms with Gasteiger partial charge in [-0.3, -0.25) is 4.40 Å². The maximum atomic E-state index is 4.95. The van der Waals surface area contributed by atoms with Gasteiger partial charge in [0.15, 0.2) is 0 Å². The third-order valence-electron chi connectivity index (χ3n) is 5.01. The second-order valence-electron chi connectivity index (χ2n) is 6.51. The van der Waals surface area contributed by atoms with E-state index in [1.807, 2.05) is 6.07 Å². The Hall–Kier alpha value is -3.66. The highest BCUT2D eigenvalue weighted by Crippen LogP contribution is 2.33. The summed E-state index contributed by atoms with van der Waals surface area (Å²) in [5.74, 6) is 0. The maximum Gasteiger partial charge on any atom is 0.146 e. The fraction of sp³-hybridized carbons (Fsp3) is 0. The molecule has 6 rings (SSSR count). The number of nitrogens with zero attached hydrogens (tertiary/aromatic N) is 3. The van der Waals surface area contributed by atoms with Gasteiger partial charge in [0, 0.05) is 5.56 Å². The Balaban J connectivity index is 1.82. The first-order valence-electron chi connectivity index (χ1n) is 8.61. The van der Waals surface area contributed by atoms with E-state index < -0.39 is 0 Å².